The molecular weight excluding hydrogens is 298 g/mol. The largest absolute Gasteiger partial charge is 0.395 e. The first kappa shape index (κ1) is 24.2. The van der Waals surface area contributed by atoms with Crippen molar-refractivity contribution in [3.05, 3.63) is 12.2 Å². The third-order valence-electron chi connectivity index (χ3n) is 3.96. The minimum absolute atomic E-state index is 0. The van der Waals surface area contributed by atoms with Crippen molar-refractivity contribution in [2.45, 2.75) is 96.1 Å². The van der Waals surface area contributed by atoms with Gasteiger partial charge in [-0.05, 0) is 12.8 Å². The van der Waals surface area contributed by atoms with Gasteiger partial charge < -0.3 is 15.9 Å². The quantitative estimate of drug-likeness (QED) is 0.308. The Bertz CT molecular complexity index is 237. The molecule has 4 N–H and O–H groups in total. The zero-order chi connectivity index (χ0) is 15.8. The van der Waals surface area contributed by atoms with Crippen LogP contribution in [0.2, 0.25) is 0 Å². The Morgan fingerprint density at radius 1 is 0.864 bits per heavy atom. The molecule has 0 aromatic heterocycles. The normalized spacial score (nSPS) is 14.0. The first-order valence-electron chi connectivity index (χ1n) is 8.93. The fourth-order valence-electron chi connectivity index (χ4n) is 2.41. The topological polar surface area (TPSA) is 66.5 Å². The van der Waals surface area contributed by atoms with Crippen molar-refractivity contribution in [2.75, 3.05) is 6.61 Å². The van der Waals surface area contributed by atoms with E-state index in [-0.39, 0.29) is 19.0 Å². The van der Waals surface area contributed by atoms with Gasteiger partial charge in [0.15, 0.2) is 0 Å². The Morgan fingerprint density at radius 2 is 1.32 bits per heavy atom. The molecule has 0 bridgehead atoms. The summed E-state index contributed by atoms with van der Waals surface area (Å²) in [5, 5.41) is 18.3. The van der Waals surface area contributed by atoms with Gasteiger partial charge in [0.25, 0.3) is 0 Å². The number of rotatable bonds is 15. The van der Waals surface area contributed by atoms with Crippen LogP contribution in [0.15, 0.2) is 12.2 Å². The minimum atomic E-state index is -0.720. The molecule has 2 atom stereocenters. The first-order valence-corrected chi connectivity index (χ1v) is 8.93. The van der Waals surface area contributed by atoms with Crippen molar-refractivity contribution in [2.24, 2.45) is 5.73 Å². The van der Waals surface area contributed by atoms with Crippen molar-refractivity contribution in [1.29, 1.82) is 0 Å². The van der Waals surface area contributed by atoms with Gasteiger partial charge in [0.2, 0.25) is 0 Å². The number of hydrogen-bond donors (Lipinski definition) is 3. The molecule has 4 heteroatoms. The van der Waals surface area contributed by atoms with Crippen molar-refractivity contribution in [3.8, 4) is 0 Å². The van der Waals surface area contributed by atoms with Gasteiger partial charge in [-0.2, -0.15) is 0 Å². The van der Waals surface area contributed by atoms with E-state index in [0.29, 0.717) is 0 Å². The summed E-state index contributed by atoms with van der Waals surface area (Å²) >= 11 is 0. The lowest BCUT2D eigenvalue weighted by Crippen LogP contribution is -2.36. The molecule has 0 aliphatic rings. The van der Waals surface area contributed by atoms with Crippen LogP contribution in [-0.2, 0) is 0 Å². The molecule has 0 radical (unpaired) electrons. The average Bonchev–Trinajstić information content (AvgIpc) is 2.50. The maximum Gasteiger partial charge on any atom is 0.0894 e. The summed E-state index contributed by atoms with van der Waals surface area (Å²) in [6.45, 7) is 2.08. The van der Waals surface area contributed by atoms with Crippen LogP contribution in [0.4, 0.5) is 0 Å². The molecule has 134 valence electrons. The first-order chi connectivity index (χ1) is 10.2. The highest BCUT2D eigenvalue weighted by molar-refractivity contribution is 5.85. The van der Waals surface area contributed by atoms with E-state index < -0.39 is 12.1 Å². The van der Waals surface area contributed by atoms with Crippen LogP contribution in [0.25, 0.3) is 0 Å². The highest BCUT2D eigenvalue weighted by atomic mass is 35.5. The SMILES string of the molecule is CCCCCCCCCCCCCC=CC(O)C(N)CO.Cl. The maximum atomic E-state index is 9.52. The van der Waals surface area contributed by atoms with Crippen molar-refractivity contribution in [3.63, 3.8) is 0 Å². The Labute approximate surface area is 143 Å². The monoisotopic (exact) mass is 335 g/mol. The number of halogens is 1. The Morgan fingerprint density at radius 3 is 1.77 bits per heavy atom. The van der Waals surface area contributed by atoms with Gasteiger partial charge in [-0.15, -0.1) is 12.4 Å². The van der Waals surface area contributed by atoms with Crippen LogP contribution >= 0.6 is 12.4 Å². The predicted octanol–water partition coefficient (Wildman–Crippen LogP) is 4.35. The standard InChI is InChI=1S/C18H37NO2.ClH/c1-2-3-4-5-6-7-8-9-10-11-12-13-14-15-18(21)17(19)16-20;/h14-15,17-18,20-21H,2-13,16,19H2,1H3;1H. The molecule has 0 rings (SSSR count). The van der Waals surface area contributed by atoms with E-state index in [9.17, 15) is 5.11 Å². The molecule has 2 unspecified atom stereocenters. The molecule has 22 heavy (non-hydrogen) atoms. The molecule has 0 amide bonds. The molecule has 0 fully saturated rings. The average molecular weight is 336 g/mol. The third kappa shape index (κ3) is 16.3. The molecule has 0 aliphatic carbocycles. The summed E-state index contributed by atoms with van der Waals surface area (Å²) in [6, 6.07) is -0.557. The number of allylic oxidation sites excluding steroid dienone is 1. The second-order valence-corrected chi connectivity index (χ2v) is 6.09. The Kier molecular flexibility index (Phi) is 20.8. The highest BCUT2D eigenvalue weighted by Gasteiger charge is 2.08. The summed E-state index contributed by atoms with van der Waals surface area (Å²) in [7, 11) is 0. The van der Waals surface area contributed by atoms with E-state index in [2.05, 4.69) is 6.92 Å². The minimum Gasteiger partial charge on any atom is -0.395 e. The van der Waals surface area contributed by atoms with E-state index in [1.54, 1.807) is 6.08 Å². The Balaban J connectivity index is 0. The van der Waals surface area contributed by atoms with Gasteiger partial charge in [-0.3, -0.25) is 0 Å². The molecule has 0 aromatic carbocycles. The van der Waals surface area contributed by atoms with Gasteiger partial charge in [-0.1, -0.05) is 83.3 Å². The highest BCUT2D eigenvalue weighted by Crippen LogP contribution is 2.12. The van der Waals surface area contributed by atoms with Crippen LogP contribution in [-0.4, -0.2) is 29.0 Å². The van der Waals surface area contributed by atoms with Crippen molar-refractivity contribution >= 4 is 12.4 Å². The lowest BCUT2D eigenvalue weighted by molar-refractivity contribution is 0.144. The summed E-state index contributed by atoms with van der Waals surface area (Å²) < 4.78 is 0. The molecule has 0 saturated heterocycles. The summed E-state index contributed by atoms with van der Waals surface area (Å²) in [4.78, 5) is 0. The predicted molar refractivity (Wildman–Crippen MR) is 98.5 cm³/mol. The number of unbranched alkanes of at least 4 members (excludes halogenated alkanes) is 11. The van der Waals surface area contributed by atoms with E-state index in [1.165, 1.54) is 70.6 Å². The molecule has 3 nitrogen and oxygen atoms in total. The number of aliphatic hydroxyl groups excluding tert-OH is 2. The zero-order valence-electron chi connectivity index (χ0n) is 14.4. The summed E-state index contributed by atoms with van der Waals surface area (Å²) in [5.74, 6) is 0. The number of hydrogen-bond acceptors (Lipinski definition) is 3. The molecule has 0 aliphatic heterocycles. The van der Waals surface area contributed by atoms with Crippen LogP contribution in [0.3, 0.4) is 0 Å². The smallest absolute Gasteiger partial charge is 0.0894 e. The fourth-order valence-corrected chi connectivity index (χ4v) is 2.41. The lowest BCUT2D eigenvalue weighted by Gasteiger charge is -2.11. The second-order valence-electron chi connectivity index (χ2n) is 6.09. The van der Waals surface area contributed by atoms with Crippen LogP contribution in [0.1, 0.15) is 84.0 Å². The van der Waals surface area contributed by atoms with E-state index in [0.717, 1.165) is 6.42 Å². The Hall–Kier alpha value is -0.0900. The van der Waals surface area contributed by atoms with Crippen LogP contribution in [0.5, 0.6) is 0 Å². The number of nitrogens with two attached hydrogens (primary N) is 1. The van der Waals surface area contributed by atoms with Crippen LogP contribution < -0.4 is 5.73 Å². The van der Waals surface area contributed by atoms with Gasteiger partial charge >= 0.3 is 0 Å². The molecule has 0 spiro atoms. The third-order valence-corrected chi connectivity index (χ3v) is 3.96. The molecular formula is C18H38ClNO2. The second kappa shape index (κ2) is 19.0. The number of aliphatic hydroxyl groups is 2. The summed E-state index contributed by atoms with van der Waals surface area (Å²) in [6.07, 6.45) is 18.8. The van der Waals surface area contributed by atoms with E-state index in [1.807, 2.05) is 6.08 Å². The van der Waals surface area contributed by atoms with Crippen molar-refractivity contribution < 1.29 is 10.2 Å². The van der Waals surface area contributed by atoms with E-state index >= 15 is 0 Å². The van der Waals surface area contributed by atoms with Gasteiger partial charge in [0.05, 0.1) is 18.8 Å². The molecule has 0 saturated carbocycles. The lowest BCUT2D eigenvalue weighted by atomic mass is 10.0. The molecule has 0 aromatic rings. The van der Waals surface area contributed by atoms with Crippen LogP contribution in [0, 0.1) is 0 Å². The van der Waals surface area contributed by atoms with Gasteiger partial charge in [0.1, 0.15) is 0 Å². The fraction of sp³-hybridized carbons (Fsp3) is 0.889. The van der Waals surface area contributed by atoms with Gasteiger partial charge in [-0.25, -0.2) is 0 Å². The molecule has 0 heterocycles. The van der Waals surface area contributed by atoms with Crippen molar-refractivity contribution in [1.82, 2.24) is 0 Å². The maximum absolute atomic E-state index is 9.52. The van der Waals surface area contributed by atoms with Gasteiger partial charge in [0, 0.05) is 0 Å². The zero-order valence-corrected chi connectivity index (χ0v) is 15.2. The summed E-state index contributed by atoms with van der Waals surface area (Å²) in [5.41, 5.74) is 5.51. The van der Waals surface area contributed by atoms with E-state index in [4.69, 9.17) is 10.8 Å².